The highest BCUT2D eigenvalue weighted by molar-refractivity contribution is 8.13. The Kier molecular flexibility index (Phi) is 15.8. The van der Waals surface area contributed by atoms with E-state index in [-0.39, 0.29) is 7.43 Å². The van der Waals surface area contributed by atoms with Gasteiger partial charge in [-0.2, -0.15) is 16.8 Å². The van der Waals surface area contributed by atoms with Crippen LogP contribution in [0.15, 0.2) is 4.40 Å². The number of nitrogens with one attached hydrogen (secondary N) is 1. The molecule has 0 spiro atoms. The molecule has 0 rings (SSSR count). The molecule has 0 atom stereocenters. The van der Waals surface area contributed by atoms with Crippen molar-refractivity contribution in [1.82, 2.24) is 4.72 Å². The molecular weight excluding hydrogens is 423 g/mol. The molecular formula is C11H24Cl2N2O8S2. The van der Waals surface area contributed by atoms with Crippen LogP contribution in [-0.4, -0.2) is 45.3 Å². The second kappa shape index (κ2) is 12.4. The first-order valence-corrected chi connectivity index (χ1v) is 10.5. The highest BCUT2D eigenvalue weighted by atomic mass is 35.7. The first-order valence-electron chi connectivity index (χ1n) is 5.88. The van der Waals surface area contributed by atoms with Gasteiger partial charge < -0.3 is 9.84 Å². The van der Waals surface area contributed by atoms with Gasteiger partial charge >= 0.3 is 24.6 Å². The van der Waals surface area contributed by atoms with Crippen molar-refractivity contribution in [2.24, 2.45) is 4.40 Å². The minimum absolute atomic E-state index is 0. The molecule has 0 aromatic heterocycles. The van der Waals surface area contributed by atoms with Crippen LogP contribution in [0.3, 0.4) is 0 Å². The number of aliphatic hydroxyl groups is 1. The van der Waals surface area contributed by atoms with Crippen molar-refractivity contribution in [3.63, 3.8) is 0 Å². The molecule has 2 N–H and O–H groups in total. The van der Waals surface area contributed by atoms with E-state index in [0.29, 0.717) is 0 Å². The summed E-state index contributed by atoms with van der Waals surface area (Å²) in [5.41, 5.74) is -1.24. The number of isocyanates is 1. The molecule has 0 radical (unpaired) electrons. The van der Waals surface area contributed by atoms with Crippen LogP contribution in [0.25, 0.3) is 0 Å². The molecule has 0 aromatic rings. The predicted molar refractivity (Wildman–Crippen MR) is 95.7 cm³/mol. The first-order chi connectivity index (χ1) is 10.2. The largest absolute Gasteiger partial charge is 0.443 e. The number of ether oxygens (including phenoxy) is 1. The van der Waals surface area contributed by atoms with E-state index in [1.165, 1.54) is 4.72 Å². The lowest BCUT2D eigenvalue weighted by Gasteiger charge is -2.18. The lowest BCUT2D eigenvalue weighted by molar-refractivity contribution is 0.0571. The molecule has 0 aliphatic rings. The summed E-state index contributed by atoms with van der Waals surface area (Å²) in [5.74, 6) is 0. The fourth-order valence-electron chi connectivity index (χ4n) is 0.443. The Hall–Kier alpha value is -0.910. The van der Waals surface area contributed by atoms with Gasteiger partial charge in [0, 0.05) is 21.4 Å². The Labute approximate surface area is 157 Å². The zero-order valence-electron chi connectivity index (χ0n) is 13.8. The normalized spacial score (nSPS) is 11.1. The molecule has 14 heteroatoms. The molecule has 0 saturated carbocycles. The van der Waals surface area contributed by atoms with Crippen LogP contribution in [-0.2, 0) is 28.0 Å². The van der Waals surface area contributed by atoms with E-state index >= 15 is 0 Å². The van der Waals surface area contributed by atoms with Crippen LogP contribution < -0.4 is 4.72 Å². The second-order valence-electron chi connectivity index (χ2n) is 5.81. The zero-order valence-corrected chi connectivity index (χ0v) is 17.0. The summed E-state index contributed by atoms with van der Waals surface area (Å²) in [7, 11) is 1.04. The Balaban J connectivity index is -0.000000145. The average Bonchev–Trinajstić information content (AvgIpc) is 2.05. The van der Waals surface area contributed by atoms with Crippen LogP contribution in [0.4, 0.5) is 4.79 Å². The van der Waals surface area contributed by atoms with Crippen molar-refractivity contribution in [3.8, 4) is 0 Å². The minimum atomic E-state index is -4.05. The standard InChI is InChI=1S/C5H10ClNO4S.C4H10O.CClNO3S.CH4/c1-5(2,3)11-4(8)7-12(6,9)10;1-4(2,3)5;2-7(5,6)3-1-4;/h1-3H3,(H,7,8);5H,1-3H3;;1H4. The van der Waals surface area contributed by atoms with Gasteiger partial charge in [0.05, 0.1) is 5.60 Å². The molecule has 152 valence electrons. The molecule has 0 aromatic carbocycles. The second-order valence-corrected chi connectivity index (χ2v) is 10.3. The van der Waals surface area contributed by atoms with Gasteiger partial charge in [-0.15, -0.1) is 0 Å². The Morgan fingerprint density at radius 2 is 1.40 bits per heavy atom. The first kappa shape index (κ1) is 31.8. The van der Waals surface area contributed by atoms with Gasteiger partial charge in [0.25, 0.3) is 6.08 Å². The predicted octanol–water partition coefficient (Wildman–Crippen LogP) is 2.21. The number of nitrogens with zero attached hydrogens (tertiary/aromatic N) is 1. The number of amides is 1. The van der Waals surface area contributed by atoms with Crippen molar-refractivity contribution in [2.75, 3.05) is 0 Å². The van der Waals surface area contributed by atoms with Crippen LogP contribution in [0.5, 0.6) is 0 Å². The SMILES string of the molecule is C.CC(C)(C)O.CC(C)(C)OC(=O)NS(=O)(=O)Cl.O=C=NS(=O)(=O)Cl. The van der Waals surface area contributed by atoms with Gasteiger partial charge in [-0.3, -0.25) is 0 Å². The summed E-state index contributed by atoms with van der Waals surface area (Å²) >= 11 is 0. The Morgan fingerprint density at radius 1 is 1.08 bits per heavy atom. The number of hydrogen-bond acceptors (Lipinski definition) is 8. The topological polar surface area (TPSA) is 156 Å². The van der Waals surface area contributed by atoms with E-state index in [2.05, 4.69) is 19.8 Å². The van der Waals surface area contributed by atoms with Gasteiger partial charge in [-0.1, -0.05) is 11.8 Å². The van der Waals surface area contributed by atoms with Crippen LogP contribution in [0.1, 0.15) is 49.0 Å². The maximum atomic E-state index is 10.7. The summed E-state index contributed by atoms with van der Waals surface area (Å²) in [6.45, 7) is 10.0. The summed E-state index contributed by atoms with van der Waals surface area (Å²) in [5, 5.41) is 8.52. The lowest BCUT2D eigenvalue weighted by atomic mass is 10.2. The van der Waals surface area contributed by atoms with E-state index < -0.39 is 35.8 Å². The number of hydrogen-bond donors (Lipinski definition) is 2. The van der Waals surface area contributed by atoms with Gasteiger partial charge in [0.15, 0.2) is 0 Å². The highest BCUT2D eigenvalue weighted by Crippen LogP contribution is 2.07. The van der Waals surface area contributed by atoms with Gasteiger partial charge in [0.1, 0.15) is 5.60 Å². The Morgan fingerprint density at radius 3 is 1.52 bits per heavy atom. The molecule has 0 aliphatic carbocycles. The summed E-state index contributed by atoms with van der Waals surface area (Å²) in [6.07, 6.45) is -0.323. The minimum Gasteiger partial charge on any atom is -0.443 e. The number of carbonyl (C=O) groups is 1. The van der Waals surface area contributed by atoms with Crippen molar-refractivity contribution >= 4 is 52.0 Å². The van der Waals surface area contributed by atoms with E-state index in [4.69, 9.17) is 20.6 Å². The van der Waals surface area contributed by atoms with E-state index in [0.717, 1.165) is 6.08 Å². The molecule has 0 saturated heterocycles. The van der Waals surface area contributed by atoms with Crippen LogP contribution in [0.2, 0.25) is 0 Å². The average molecular weight is 447 g/mol. The fraction of sp³-hybridized carbons (Fsp3) is 0.818. The third-order valence-electron chi connectivity index (χ3n) is 0.750. The van der Waals surface area contributed by atoms with Gasteiger partial charge in [0.2, 0.25) is 0 Å². The molecule has 1 amide bonds. The van der Waals surface area contributed by atoms with Crippen LogP contribution >= 0.6 is 21.4 Å². The molecule has 0 unspecified atom stereocenters. The summed E-state index contributed by atoms with van der Waals surface area (Å²) in [6, 6.07) is 0. The maximum absolute atomic E-state index is 10.7. The molecule has 0 fully saturated rings. The smallest absolute Gasteiger partial charge is 0.422 e. The Bertz CT molecular complexity index is 637. The van der Waals surface area contributed by atoms with E-state index in [1.807, 2.05) is 0 Å². The quantitative estimate of drug-likeness (QED) is 0.371. The van der Waals surface area contributed by atoms with Crippen molar-refractivity contribution in [2.45, 2.75) is 60.2 Å². The maximum Gasteiger partial charge on any atom is 0.422 e. The van der Waals surface area contributed by atoms with Gasteiger partial charge in [-0.25, -0.2) is 14.3 Å². The van der Waals surface area contributed by atoms with Crippen molar-refractivity contribution < 1.29 is 36.3 Å². The molecule has 10 nitrogen and oxygen atoms in total. The summed E-state index contributed by atoms with van der Waals surface area (Å²) < 4.78 is 47.9. The third kappa shape index (κ3) is 59.9. The van der Waals surface area contributed by atoms with E-state index in [9.17, 15) is 21.6 Å². The monoisotopic (exact) mass is 446 g/mol. The lowest BCUT2D eigenvalue weighted by Crippen LogP contribution is -2.34. The number of halogens is 2. The number of carbonyl (C=O) groups excluding carboxylic acids is 2. The molecule has 0 bridgehead atoms. The molecule has 0 heterocycles. The number of rotatable bonds is 2. The van der Waals surface area contributed by atoms with Crippen molar-refractivity contribution in [1.29, 1.82) is 0 Å². The zero-order chi connectivity index (χ0) is 20.4. The fourth-order valence-corrected chi connectivity index (χ4v) is 1.05. The summed E-state index contributed by atoms with van der Waals surface area (Å²) in [4.78, 5) is 19.7. The highest BCUT2D eigenvalue weighted by Gasteiger charge is 2.19. The molecule has 25 heavy (non-hydrogen) atoms. The molecule has 0 aliphatic heterocycles. The van der Waals surface area contributed by atoms with Crippen molar-refractivity contribution in [3.05, 3.63) is 0 Å². The van der Waals surface area contributed by atoms with E-state index in [1.54, 1.807) is 41.5 Å². The third-order valence-corrected chi connectivity index (χ3v) is 1.89. The van der Waals surface area contributed by atoms with Gasteiger partial charge in [-0.05, 0) is 41.5 Å². The van der Waals surface area contributed by atoms with Crippen LogP contribution in [0, 0.1) is 0 Å².